The van der Waals surface area contributed by atoms with Crippen molar-refractivity contribution in [3.63, 3.8) is 0 Å². The smallest absolute Gasteiger partial charge is 0.143 e. The lowest BCUT2D eigenvalue weighted by Gasteiger charge is -2.39. The molecule has 0 saturated heterocycles. The van der Waals surface area contributed by atoms with Gasteiger partial charge >= 0.3 is 0 Å². The molecule has 6 heteroatoms. The van der Waals surface area contributed by atoms with Gasteiger partial charge in [0, 0.05) is 5.41 Å². The number of hydrogen-bond acceptors (Lipinski definition) is 6. The summed E-state index contributed by atoms with van der Waals surface area (Å²) < 4.78 is 0. The van der Waals surface area contributed by atoms with Crippen molar-refractivity contribution in [3.8, 4) is 11.5 Å². The van der Waals surface area contributed by atoms with Gasteiger partial charge in [-0.2, -0.15) is 10.2 Å². The number of hydrogen-bond donors (Lipinski definition) is 2. The highest BCUT2D eigenvalue weighted by Crippen LogP contribution is 2.47. The predicted molar refractivity (Wildman–Crippen MR) is 188 cm³/mol. The number of aryl methyl sites for hydroxylation is 2. The fraction of sp³-hybridized carbons (Fsp3) is 0.400. The van der Waals surface area contributed by atoms with Gasteiger partial charge in [-0.25, -0.2) is 0 Å². The number of azo groups is 2. The van der Waals surface area contributed by atoms with E-state index in [0.29, 0.717) is 11.4 Å². The topological polar surface area (TPSA) is 89.9 Å². The minimum Gasteiger partial charge on any atom is -0.506 e. The van der Waals surface area contributed by atoms with Crippen molar-refractivity contribution in [2.45, 2.75) is 104 Å². The molecule has 0 aromatic heterocycles. The van der Waals surface area contributed by atoms with E-state index in [1.54, 1.807) is 12.1 Å². The molecular weight excluding hydrogens is 568 g/mol. The van der Waals surface area contributed by atoms with Crippen molar-refractivity contribution in [1.82, 2.24) is 0 Å². The molecule has 0 atom stereocenters. The lowest BCUT2D eigenvalue weighted by molar-refractivity contribution is 0.346. The van der Waals surface area contributed by atoms with Crippen molar-refractivity contribution in [1.29, 1.82) is 0 Å². The molecular formula is C40H48N4O2. The van der Waals surface area contributed by atoms with Gasteiger partial charge in [-0.05, 0) is 107 Å². The van der Waals surface area contributed by atoms with E-state index in [0.717, 1.165) is 46.5 Å². The highest BCUT2D eigenvalue weighted by Gasteiger charge is 2.36. The number of aromatic hydroxyl groups is 2. The molecule has 0 heterocycles. The minimum absolute atomic E-state index is 0.0513. The molecule has 1 fully saturated rings. The van der Waals surface area contributed by atoms with Gasteiger partial charge in [0.25, 0.3) is 0 Å². The van der Waals surface area contributed by atoms with E-state index in [9.17, 15) is 10.2 Å². The summed E-state index contributed by atoms with van der Waals surface area (Å²) in [5.74, 6) is 0.251. The second kappa shape index (κ2) is 12.8. The van der Waals surface area contributed by atoms with Crippen molar-refractivity contribution in [2.24, 2.45) is 20.5 Å². The average Bonchev–Trinajstić information content (AvgIpc) is 3.00. The maximum atomic E-state index is 10.4. The van der Waals surface area contributed by atoms with Crippen LogP contribution in [0.25, 0.3) is 0 Å². The normalized spacial score (nSPS) is 15.6. The number of rotatable bonds is 6. The highest BCUT2D eigenvalue weighted by atomic mass is 16.3. The first-order valence-corrected chi connectivity index (χ1v) is 16.4. The van der Waals surface area contributed by atoms with E-state index in [2.05, 4.69) is 112 Å². The quantitative estimate of drug-likeness (QED) is 0.211. The summed E-state index contributed by atoms with van der Waals surface area (Å²) in [4.78, 5) is 0. The van der Waals surface area contributed by atoms with E-state index in [1.165, 1.54) is 30.4 Å². The number of phenols is 2. The Labute approximate surface area is 274 Å². The van der Waals surface area contributed by atoms with Crippen molar-refractivity contribution in [3.05, 3.63) is 106 Å². The summed E-state index contributed by atoms with van der Waals surface area (Å²) in [6.07, 6.45) is 5.75. The molecule has 0 unspecified atom stereocenters. The van der Waals surface area contributed by atoms with Crippen LogP contribution in [0.4, 0.5) is 22.7 Å². The zero-order valence-corrected chi connectivity index (χ0v) is 28.6. The Balaban J connectivity index is 1.44. The first-order valence-electron chi connectivity index (χ1n) is 16.4. The van der Waals surface area contributed by atoms with Crippen LogP contribution in [0.1, 0.15) is 107 Å². The highest BCUT2D eigenvalue weighted by molar-refractivity contribution is 5.58. The van der Waals surface area contributed by atoms with Gasteiger partial charge in [0.1, 0.15) is 22.9 Å². The van der Waals surface area contributed by atoms with E-state index >= 15 is 0 Å². The molecule has 4 aromatic carbocycles. The summed E-state index contributed by atoms with van der Waals surface area (Å²) in [7, 11) is 0. The lowest BCUT2D eigenvalue weighted by atomic mass is 9.65. The number of phenolic OH excluding ortho intramolecular Hbond substituents is 2. The van der Waals surface area contributed by atoms with Crippen molar-refractivity contribution in [2.75, 3.05) is 0 Å². The molecule has 0 radical (unpaired) electrons. The summed E-state index contributed by atoms with van der Waals surface area (Å²) >= 11 is 0. The van der Waals surface area contributed by atoms with E-state index in [4.69, 9.17) is 0 Å². The van der Waals surface area contributed by atoms with Crippen LogP contribution >= 0.6 is 0 Å². The van der Waals surface area contributed by atoms with Gasteiger partial charge in [-0.3, -0.25) is 0 Å². The van der Waals surface area contributed by atoms with Crippen LogP contribution < -0.4 is 0 Å². The van der Waals surface area contributed by atoms with Gasteiger partial charge in [0.05, 0.1) is 11.4 Å². The van der Waals surface area contributed by atoms with Crippen LogP contribution in [-0.2, 0) is 16.2 Å². The third-order valence-electron chi connectivity index (χ3n) is 9.42. The summed E-state index contributed by atoms with van der Waals surface area (Å²) in [5, 5.41) is 38.9. The fourth-order valence-corrected chi connectivity index (χ4v) is 6.39. The maximum Gasteiger partial charge on any atom is 0.143 e. The van der Waals surface area contributed by atoms with Gasteiger partial charge < -0.3 is 10.2 Å². The molecule has 1 saturated carbocycles. The standard InChI is InChI=1S/C40H48N4O2/c1-26-22-30(12-16-32(26)41-43-34-24-28(38(3,4)5)14-18-36(34)45)40(20-10-9-11-21-40)31-13-17-33(27(2)23-31)42-44-35-25-29(39(6,7)8)15-19-37(35)46/h12-19,22-25,45-46H,9-11,20-21H2,1-8H3. The van der Waals surface area contributed by atoms with E-state index in [-0.39, 0.29) is 27.7 Å². The number of benzene rings is 4. The molecule has 0 aliphatic heterocycles. The van der Waals surface area contributed by atoms with Crippen LogP contribution in [0.5, 0.6) is 11.5 Å². The Morgan fingerprint density at radius 3 is 1.26 bits per heavy atom. The molecule has 240 valence electrons. The van der Waals surface area contributed by atoms with Crippen LogP contribution in [0.2, 0.25) is 0 Å². The van der Waals surface area contributed by atoms with Crippen LogP contribution in [-0.4, -0.2) is 10.2 Å². The molecule has 1 aliphatic rings. The summed E-state index contributed by atoms with van der Waals surface area (Å²) in [5.41, 5.74) is 9.22. The zero-order valence-electron chi connectivity index (χ0n) is 28.6. The zero-order chi connectivity index (χ0) is 33.3. The van der Waals surface area contributed by atoms with Gasteiger partial charge in [-0.1, -0.05) is 97.2 Å². The molecule has 46 heavy (non-hydrogen) atoms. The second-order valence-corrected chi connectivity index (χ2v) is 15.0. The summed E-state index contributed by atoms with van der Waals surface area (Å²) in [6.45, 7) is 17.0. The molecule has 4 aromatic rings. The minimum atomic E-state index is -0.0995. The van der Waals surface area contributed by atoms with Gasteiger partial charge in [0.15, 0.2) is 0 Å². The number of nitrogens with zero attached hydrogens (tertiary/aromatic N) is 4. The third kappa shape index (κ3) is 7.06. The first-order chi connectivity index (χ1) is 21.7. The molecule has 2 N–H and O–H groups in total. The molecule has 0 amide bonds. The molecule has 5 rings (SSSR count). The second-order valence-electron chi connectivity index (χ2n) is 15.0. The largest absolute Gasteiger partial charge is 0.506 e. The average molecular weight is 617 g/mol. The Bertz CT molecular complexity index is 1660. The van der Waals surface area contributed by atoms with E-state index in [1.807, 2.05) is 24.3 Å². The Kier molecular flexibility index (Phi) is 9.21. The van der Waals surface area contributed by atoms with Gasteiger partial charge in [0.2, 0.25) is 0 Å². The molecule has 0 bridgehead atoms. The molecule has 6 nitrogen and oxygen atoms in total. The van der Waals surface area contributed by atoms with Crippen molar-refractivity contribution >= 4 is 22.7 Å². The molecule has 0 spiro atoms. The van der Waals surface area contributed by atoms with E-state index < -0.39 is 0 Å². The first kappa shape index (κ1) is 33.1. The maximum absolute atomic E-state index is 10.4. The molecule has 1 aliphatic carbocycles. The lowest BCUT2D eigenvalue weighted by Crippen LogP contribution is -2.30. The fourth-order valence-electron chi connectivity index (χ4n) is 6.39. The SMILES string of the molecule is Cc1cc(C2(c3ccc(N=Nc4cc(C(C)(C)C)ccc4O)c(C)c3)CCCCC2)ccc1N=Nc1cc(C(C)(C)C)ccc1O. The van der Waals surface area contributed by atoms with Crippen LogP contribution in [0.15, 0.2) is 93.3 Å². The Morgan fingerprint density at radius 1 is 0.500 bits per heavy atom. The van der Waals surface area contributed by atoms with Crippen molar-refractivity contribution < 1.29 is 10.2 Å². The van der Waals surface area contributed by atoms with Crippen LogP contribution in [0.3, 0.4) is 0 Å². The predicted octanol–water partition coefficient (Wildman–Crippen LogP) is 12.4. The monoisotopic (exact) mass is 616 g/mol. The third-order valence-corrected chi connectivity index (χ3v) is 9.42. The Hall–Kier alpha value is -4.32. The Morgan fingerprint density at radius 2 is 0.891 bits per heavy atom. The van der Waals surface area contributed by atoms with Crippen LogP contribution in [0, 0.1) is 13.8 Å². The summed E-state index contributed by atoms with van der Waals surface area (Å²) in [6, 6.07) is 24.1. The van der Waals surface area contributed by atoms with Gasteiger partial charge in [-0.15, -0.1) is 10.2 Å².